The van der Waals surface area contributed by atoms with Crippen LogP contribution in [0.4, 0.5) is 8.78 Å². The van der Waals surface area contributed by atoms with Crippen molar-refractivity contribution in [1.29, 1.82) is 0 Å². The fraction of sp³-hybridized carbons (Fsp3) is 0.857. The Kier molecular flexibility index (Phi) is 3.57. The number of aliphatic hydroxyl groups excluding tert-OH is 1. The Hall–Kier alpha value is -0.710. The van der Waals surface area contributed by atoms with Crippen LogP contribution in [0.2, 0.25) is 0 Å². The minimum atomic E-state index is -3.82. The molecule has 0 aromatic carbocycles. The van der Waals surface area contributed by atoms with Crippen molar-refractivity contribution in [2.75, 3.05) is 7.11 Å². The molecule has 0 radical (unpaired) electrons. The lowest BCUT2D eigenvalue weighted by Gasteiger charge is -2.22. The Morgan fingerprint density at radius 2 is 1.92 bits per heavy atom. The first-order valence-corrected chi connectivity index (χ1v) is 3.48. The van der Waals surface area contributed by atoms with Gasteiger partial charge in [-0.25, -0.2) is 4.79 Å². The van der Waals surface area contributed by atoms with Crippen molar-refractivity contribution in [2.24, 2.45) is 5.92 Å². The van der Waals surface area contributed by atoms with E-state index in [1.165, 1.54) is 13.8 Å². The summed E-state index contributed by atoms with van der Waals surface area (Å²) in [7, 11) is 0.850. The number of aliphatic hydroxyl groups is 1. The number of hydrogen-bond acceptors (Lipinski definition) is 3. The second kappa shape index (κ2) is 3.80. The molecular formula is C7H12F2O3. The molecule has 3 nitrogen and oxygen atoms in total. The van der Waals surface area contributed by atoms with Crippen LogP contribution < -0.4 is 0 Å². The number of carbonyl (C=O) groups excluding carboxylic acids is 1. The standard InChI is InChI=1S/C7H12F2O3/c1-4(2)5(10)7(8,9)6(11)12-3/h4-5,10H,1-3H3/t5-/m0/s1. The van der Waals surface area contributed by atoms with Crippen LogP contribution in [0.15, 0.2) is 0 Å². The Bertz CT molecular complexity index is 168. The van der Waals surface area contributed by atoms with Crippen LogP contribution in [0.5, 0.6) is 0 Å². The van der Waals surface area contributed by atoms with E-state index < -0.39 is 23.9 Å². The lowest BCUT2D eigenvalue weighted by Crippen LogP contribution is -2.45. The molecule has 0 amide bonds. The predicted octanol–water partition coefficient (Wildman–Crippen LogP) is 0.812. The molecule has 72 valence electrons. The summed E-state index contributed by atoms with van der Waals surface area (Å²) in [6, 6.07) is 0. The molecule has 1 N–H and O–H groups in total. The van der Waals surface area contributed by atoms with Crippen molar-refractivity contribution in [2.45, 2.75) is 25.9 Å². The summed E-state index contributed by atoms with van der Waals surface area (Å²) in [4.78, 5) is 10.4. The van der Waals surface area contributed by atoms with E-state index in [0.717, 1.165) is 7.11 Å². The van der Waals surface area contributed by atoms with E-state index >= 15 is 0 Å². The molecule has 0 aromatic heterocycles. The molecule has 0 saturated heterocycles. The van der Waals surface area contributed by atoms with Crippen LogP contribution in [0.1, 0.15) is 13.8 Å². The zero-order chi connectivity index (χ0) is 9.94. The number of esters is 1. The Morgan fingerprint density at radius 1 is 1.50 bits per heavy atom. The summed E-state index contributed by atoms with van der Waals surface area (Å²) in [5.41, 5.74) is 0. The van der Waals surface area contributed by atoms with Crippen molar-refractivity contribution in [3.8, 4) is 0 Å². The fourth-order valence-electron chi connectivity index (χ4n) is 0.675. The van der Waals surface area contributed by atoms with Crippen molar-refractivity contribution in [3.05, 3.63) is 0 Å². The zero-order valence-corrected chi connectivity index (χ0v) is 7.17. The Labute approximate surface area is 69.3 Å². The number of ether oxygens (including phenoxy) is 1. The van der Waals surface area contributed by atoms with Gasteiger partial charge in [0.2, 0.25) is 0 Å². The average Bonchev–Trinajstić information content (AvgIpc) is 2.01. The molecule has 0 heterocycles. The molecule has 0 rings (SSSR count). The monoisotopic (exact) mass is 182 g/mol. The van der Waals surface area contributed by atoms with E-state index in [-0.39, 0.29) is 0 Å². The van der Waals surface area contributed by atoms with Crippen molar-refractivity contribution < 1.29 is 23.4 Å². The minimum Gasteiger partial charge on any atom is -0.465 e. The fourth-order valence-corrected chi connectivity index (χ4v) is 0.675. The van der Waals surface area contributed by atoms with Crippen molar-refractivity contribution >= 4 is 5.97 Å². The van der Waals surface area contributed by atoms with Crippen LogP contribution >= 0.6 is 0 Å². The second-order valence-corrected chi connectivity index (χ2v) is 2.80. The average molecular weight is 182 g/mol. The van der Waals surface area contributed by atoms with Crippen LogP contribution in [0, 0.1) is 5.92 Å². The van der Waals surface area contributed by atoms with Crippen LogP contribution in [0.3, 0.4) is 0 Å². The molecule has 0 saturated carbocycles. The van der Waals surface area contributed by atoms with E-state index in [4.69, 9.17) is 5.11 Å². The Morgan fingerprint density at radius 3 is 2.17 bits per heavy atom. The minimum absolute atomic E-state index is 0.695. The number of carbonyl (C=O) groups is 1. The molecule has 12 heavy (non-hydrogen) atoms. The van der Waals surface area contributed by atoms with E-state index in [0.29, 0.717) is 0 Å². The van der Waals surface area contributed by atoms with E-state index in [1.807, 2.05) is 0 Å². The molecule has 0 bridgehead atoms. The highest BCUT2D eigenvalue weighted by Gasteiger charge is 2.49. The molecule has 0 aromatic rings. The molecule has 0 aliphatic carbocycles. The van der Waals surface area contributed by atoms with Gasteiger partial charge in [-0.05, 0) is 5.92 Å². The maximum absolute atomic E-state index is 12.7. The second-order valence-electron chi connectivity index (χ2n) is 2.80. The predicted molar refractivity (Wildman–Crippen MR) is 37.8 cm³/mol. The highest BCUT2D eigenvalue weighted by molar-refractivity contribution is 5.78. The topological polar surface area (TPSA) is 46.5 Å². The van der Waals surface area contributed by atoms with E-state index in [2.05, 4.69) is 4.74 Å². The smallest absolute Gasteiger partial charge is 0.379 e. The van der Waals surface area contributed by atoms with Gasteiger partial charge in [0.25, 0.3) is 0 Å². The van der Waals surface area contributed by atoms with E-state index in [1.54, 1.807) is 0 Å². The van der Waals surface area contributed by atoms with Gasteiger partial charge in [-0.3, -0.25) is 0 Å². The largest absolute Gasteiger partial charge is 0.465 e. The number of hydrogen-bond donors (Lipinski definition) is 1. The number of alkyl halides is 2. The summed E-state index contributed by atoms with van der Waals surface area (Å²) in [6.07, 6.45) is -2.00. The van der Waals surface area contributed by atoms with Gasteiger partial charge in [0.1, 0.15) is 6.10 Å². The molecule has 5 heteroatoms. The maximum atomic E-state index is 12.7. The highest BCUT2D eigenvalue weighted by atomic mass is 19.3. The molecule has 0 unspecified atom stereocenters. The summed E-state index contributed by atoms with van der Waals surface area (Å²) in [5, 5.41) is 8.90. The maximum Gasteiger partial charge on any atom is 0.379 e. The summed E-state index contributed by atoms with van der Waals surface area (Å²) >= 11 is 0. The molecule has 0 spiro atoms. The van der Waals surface area contributed by atoms with Gasteiger partial charge in [0, 0.05) is 0 Å². The van der Waals surface area contributed by atoms with Crippen LogP contribution in [0.25, 0.3) is 0 Å². The van der Waals surface area contributed by atoms with Crippen molar-refractivity contribution in [1.82, 2.24) is 0 Å². The van der Waals surface area contributed by atoms with Gasteiger partial charge in [-0.1, -0.05) is 13.8 Å². The zero-order valence-electron chi connectivity index (χ0n) is 7.17. The molecule has 0 aliphatic rings. The summed E-state index contributed by atoms with van der Waals surface area (Å²) < 4.78 is 29.3. The van der Waals surface area contributed by atoms with Crippen LogP contribution in [-0.4, -0.2) is 30.2 Å². The third kappa shape index (κ3) is 2.14. The quantitative estimate of drug-likeness (QED) is 0.657. The lowest BCUT2D eigenvalue weighted by atomic mass is 10.0. The summed E-state index contributed by atoms with van der Waals surface area (Å²) in [6.45, 7) is 2.78. The normalized spacial score (nSPS) is 14.6. The van der Waals surface area contributed by atoms with Gasteiger partial charge in [0.05, 0.1) is 7.11 Å². The first-order valence-electron chi connectivity index (χ1n) is 3.48. The molecule has 0 fully saturated rings. The SMILES string of the molecule is COC(=O)C(F)(F)[C@@H](O)C(C)C. The third-order valence-corrected chi connectivity index (χ3v) is 1.46. The van der Waals surface area contributed by atoms with Gasteiger partial charge in [0.15, 0.2) is 0 Å². The molecular weight excluding hydrogens is 170 g/mol. The van der Waals surface area contributed by atoms with Gasteiger partial charge < -0.3 is 9.84 Å². The number of halogens is 2. The molecule has 1 atom stereocenters. The van der Waals surface area contributed by atoms with E-state index in [9.17, 15) is 13.6 Å². The molecule has 0 aliphatic heterocycles. The Balaban J connectivity index is 4.48. The first kappa shape index (κ1) is 11.3. The summed E-state index contributed by atoms with van der Waals surface area (Å²) in [5.74, 6) is -6.22. The van der Waals surface area contributed by atoms with Gasteiger partial charge in [-0.2, -0.15) is 8.78 Å². The number of methoxy groups -OCH3 is 1. The highest BCUT2D eigenvalue weighted by Crippen LogP contribution is 2.25. The van der Waals surface area contributed by atoms with Gasteiger partial charge >= 0.3 is 11.9 Å². The number of rotatable bonds is 3. The van der Waals surface area contributed by atoms with Gasteiger partial charge in [-0.15, -0.1) is 0 Å². The lowest BCUT2D eigenvalue weighted by molar-refractivity contribution is -0.190. The first-order chi connectivity index (χ1) is 5.34. The van der Waals surface area contributed by atoms with Crippen LogP contribution in [-0.2, 0) is 9.53 Å². The third-order valence-electron chi connectivity index (χ3n) is 1.46. The van der Waals surface area contributed by atoms with Crippen molar-refractivity contribution in [3.63, 3.8) is 0 Å².